The summed E-state index contributed by atoms with van der Waals surface area (Å²) >= 11 is 0. The molecule has 4 rings (SSSR count). The van der Waals surface area contributed by atoms with Crippen LogP contribution in [0.25, 0.3) is 10.8 Å². The summed E-state index contributed by atoms with van der Waals surface area (Å²) in [7, 11) is 0.957. The molecule has 0 spiro atoms. The summed E-state index contributed by atoms with van der Waals surface area (Å²) in [6.07, 6.45) is 0. The molecule has 6 heteroatoms. The van der Waals surface area contributed by atoms with Crippen LogP contribution < -0.4 is 5.46 Å². The summed E-state index contributed by atoms with van der Waals surface area (Å²) in [4.78, 5) is 26.2. The van der Waals surface area contributed by atoms with E-state index in [1.807, 2.05) is 45.9 Å². The third-order valence-corrected chi connectivity index (χ3v) is 5.59. The van der Waals surface area contributed by atoms with Crippen molar-refractivity contribution in [3.63, 3.8) is 0 Å². The molecular formula is C19H20BNO4. The molecule has 0 aromatic heterocycles. The summed E-state index contributed by atoms with van der Waals surface area (Å²) < 4.78 is 12.2. The number of benzene rings is 2. The Morgan fingerprint density at radius 2 is 1.52 bits per heavy atom. The second kappa shape index (κ2) is 4.93. The van der Waals surface area contributed by atoms with Gasteiger partial charge in [0, 0.05) is 23.6 Å². The second-order valence-electron chi connectivity index (χ2n) is 7.73. The molecule has 2 aliphatic heterocycles. The Bertz CT molecular complexity index is 918. The fourth-order valence-corrected chi connectivity index (χ4v) is 3.37. The van der Waals surface area contributed by atoms with Crippen LogP contribution in [0.4, 0.5) is 0 Å². The van der Waals surface area contributed by atoms with Gasteiger partial charge in [0.25, 0.3) is 11.8 Å². The van der Waals surface area contributed by atoms with Gasteiger partial charge in [-0.2, -0.15) is 0 Å². The highest BCUT2D eigenvalue weighted by Gasteiger charge is 2.52. The number of carbonyl (C=O) groups is 2. The summed E-state index contributed by atoms with van der Waals surface area (Å²) in [5.74, 6) is -0.571. The Hall–Kier alpha value is -2.18. The van der Waals surface area contributed by atoms with Gasteiger partial charge in [-0.05, 0) is 50.7 Å². The van der Waals surface area contributed by atoms with E-state index in [-0.39, 0.29) is 11.8 Å². The van der Waals surface area contributed by atoms with Crippen molar-refractivity contribution in [2.45, 2.75) is 38.9 Å². The molecule has 2 aromatic rings. The van der Waals surface area contributed by atoms with Crippen molar-refractivity contribution in [2.24, 2.45) is 0 Å². The predicted octanol–water partition coefficient (Wildman–Crippen LogP) is 2.36. The fourth-order valence-electron chi connectivity index (χ4n) is 3.37. The Morgan fingerprint density at radius 1 is 0.920 bits per heavy atom. The Kier molecular flexibility index (Phi) is 3.21. The molecule has 2 heterocycles. The first kappa shape index (κ1) is 16.3. The van der Waals surface area contributed by atoms with E-state index in [0.29, 0.717) is 16.5 Å². The Balaban J connectivity index is 1.91. The highest BCUT2D eigenvalue weighted by atomic mass is 16.7. The van der Waals surface area contributed by atoms with E-state index >= 15 is 0 Å². The number of imide groups is 1. The van der Waals surface area contributed by atoms with Crippen LogP contribution in [0.2, 0.25) is 0 Å². The first-order chi connectivity index (χ1) is 11.6. The molecule has 0 radical (unpaired) electrons. The van der Waals surface area contributed by atoms with E-state index in [4.69, 9.17) is 9.31 Å². The minimum atomic E-state index is -0.551. The number of hydrogen-bond acceptors (Lipinski definition) is 4. The zero-order valence-electron chi connectivity index (χ0n) is 15.0. The van der Waals surface area contributed by atoms with Gasteiger partial charge >= 0.3 is 7.12 Å². The van der Waals surface area contributed by atoms with Crippen LogP contribution in [-0.2, 0) is 9.31 Å². The van der Waals surface area contributed by atoms with Crippen LogP contribution >= 0.6 is 0 Å². The molecule has 0 saturated carbocycles. The standard InChI is InChI=1S/C19H20BNO4/c1-18(2)19(3,4)25-20(24-18)12-9-11-7-6-8-13-15(11)14(10-12)17(23)21(5)16(13)22/h6-10H,1-5H3. The van der Waals surface area contributed by atoms with E-state index < -0.39 is 18.3 Å². The number of carbonyl (C=O) groups excluding carboxylic acids is 2. The summed E-state index contributed by atoms with van der Waals surface area (Å²) in [5.41, 5.74) is 0.940. The molecule has 2 aliphatic rings. The van der Waals surface area contributed by atoms with E-state index in [2.05, 4.69) is 0 Å². The third-order valence-electron chi connectivity index (χ3n) is 5.59. The second-order valence-corrected chi connectivity index (χ2v) is 7.73. The first-order valence-electron chi connectivity index (χ1n) is 8.37. The molecule has 1 fully saturated rings. The zero-order chi connectivity index (χ0) is 18.1. The van der Waals surface area contributed by atoms with Gasteiger partial charge in [-0.1, -0.05) is 18.2 Å². The minimum absolute atomic E-state index is 0.272. The number of amides is 2. The maximum atomic E-state index is 12.7. The summed E-state index contributed by atoms with van der Waals surface area (Å²) in [5, 5.41) is 1.55. The molecule has 2 amide bonds. The quantitative estimate of drug-likeness (QED) is 0.592. The molecule has 5 nitrogen and oxygen atoms in total. The van der Waals surface area contributed by atoms with Gasteiger partial charge < -0.3 is 9.31 Å². The third kappa shape index (κ3) is 2.17. The van der Waals surface area contributed by atoms with Crippen LogP contribution in [0.15, 0.2) is 30.3 Å². The lowest BCUT2D eigenvalue weighted by atomic mass is 9.76. The largest absolute Gasteiger partial charge is 0.494 e. The highest BCUT2D eigenvalue weighted by Crippen LogP contribution is 2.37. The van der Waals surface area contributed by atoms with Crippen molar-refractivity contribution >= 4 is 35.2 Å². The van der Waals surface area contributed by atoms with Gasteiger partial charge in [0.15, 0.2) is 0 Å². The van der Waals surface area contributed by atoms with Gasteiger partial charge in [0.1, 0.15) is 0 Å². The van der Waals surface area contributed by atoms with Crippen LogP contribution in [-0.4, -0.2) is 42.1 Å². The van der Waals surface area contributed by atoms with Crippen molar-refractivity contribution in [3.8, 4) is 0 Å². The molecule has 128 valence electrons. The van der Waals surface area contributed by atoms with Crippen molar-refractivity contribution in [1.29, 1.82) is 0 Å². The fraction of sp³-hybridized carbons (Fsp3) is 0.368. The summed E-state index contributed by atoms with van der Waals surface area (Å²) in [6, 6.07) is 9.22. The smallest absolute Gasteiger partial charge is 0.399 e. The van der Waals surface area contributed by atoms with Crippen molar-refractivity contribution in [1.82, 2.24) is 4.90 Å². The monoisotopic (exact) mass is 337 g/mol. The van der Waals surface area contributed by atoms with Crippen LogP contribution in [0.1, 0.15) is 48.4 Å². The number of rotatable bonds is 1. The highest BCUT2D eigenvalue weighted by molar-refractivity contribution is 6.62. The van der Waals surface area contributed by atoms with E-state index in [1.165, 1.54) is 7.05 Å². The van der Waals surface area contributed by atoms with Crippen molar-refractivity contribution < 1.29 is 18.9 Å². The lowest BCUT2D eigenvalue weighted by Crippen LogP contribution is -2.41. The van der Waals surface area contributed by atoms with Gasteiger partial charge in [-0.25, -0.2) is 0 Å². The maximum absolute atomic E-state index is 12.7. The maximum Gasteiger partial charge on any atom is 0.494 e. The van der Waals surface area contributed by atoms with E-state index in [9.17, 15) is 9.59 Å². The van der Waals surface area contributed by atoms with E-state index in [0.717, 1.165) is 15.7 Å². The number of hydrogen-bond donors (Lipinski definition) is 0. The molecular weight excluding hydrogens is 317 g/mol. The SMILES string of the molecule is CN1C(=O)c2cccc3cc(B4OC(C)(C)C(C)(C)O4)cc(c23)C1=O. The van der Waals surface area contributed by atoms with Crippen LogP contribution in [0, 0.1) is 0 Å². The lowest BCUT2D eigenvalue weighted by molar-refractivity contribution is 0.00578. The van der Waals surface area contributed by atoms with Gasteiger partial charge in [0.2, 0.25) is 0 Å². The molecule has 0 unspecified atom stereocenters. The van der Waals surface area contributed by atoms with Crippen molar-refractivity contribution in [3.05, 3.63) is 41.5 Å². The predicted molar refractivity (Wildman–Crippen MR) is 96.1 cm³/mol. The number of nitrogens with zero attached hydrogens (tertiary/aromatic N) is 1. The molecule has 0 atom stereocenters. The molecule has 2 aromatic carbocycles. The topological polar surface area (TPSA) is 55.8 Å². The lowest BCUT2D eigenvalue weighted by Gasteiger charge is -2.32. The van der Waals surface area contributed by atoms with Crippen molar-refractivity contribution in [2.75, 3.05) is 7.05 Å². The Labute approximate surface area is 147 Å². The summed E-state index contributed by atoms with van der Waals surface area (Å²) in [6.45, 7) is 7.98. The van der Waals surface area contributed by atoms with Gasteiger partial charge in [-0.3, -0.25) is 14.5 Å². The van der Waals surface area contributed by atoms with Gasteiger partial charge in [0.05, 0.1) is 11.2 Å². The first-order valence-corrected chi connectivity index (χ1v) is 8.37. The van der Waals surface area contributed by atoms with Crippen LogP contribution in [0.5, 0.6) is 0 Å². The average molecular weight is 337 g/mol. The average Bonchev–Trinajstić information content (AvgIpc) is 2.78. The van der Waals surface area contributed by atoms with Gasteiger partial charge in [-0.15, -0.1) is 0 Å². The molecule has 1 saturated heterocycles. The molecule has 0 aliphatic carbocycles. The van der Waals surface area contributed by atoms with Crippen LogP contribution in [0.3, 0.4) is 0 Å². The Morgan fingerprint density at radius 3 is 2.16 bits per heavy atom. The molecule has 0 bridgehead atoms. The minimum Gasteiger partial charge on any atom is -0.399 e. The van der Waals surface area contributed by atoms with E-state index in [1.54, 1.807) is 12.1 Å². The molecule has 25 heavy (non-hydrogen) atoms. The zero-order valence-corrected chi connectivity index (χ0v) is 15.0. The molecule has 0 N–H and O–H groups in total. The normalized spacial score (nSPS) is 21.3.